The number of nitrogens with one attached hydrogen (secondary N) is 2. The molecule has 112 valence electrons. The molecule has 1 aromatic rings. The second-order valence-corrected chi connectivity index (χ2v) is 4.85. The summed E-state index contributed by atoms with van der Waals surface area (Å²) in [6.07, 6.45) is 0.532. The molecule has 1 aromatic carbocycles. The smallest absolute Gasteiger partial charge is 0.319 e. The number of carbonyl (C=O) groups excluding carboxylic acids is 1. The molecule has 0 aliphatic heterocycles. The molecule has 0 saturated carbocycles. The van der Waals surface area contributed by atoms with Crippen LogP contribution in [-0.2, 0) is 0 Å². The lowest BCUT2D eigenvalue weighted by Gasteiger charge is -2.18. The Bertz CT molecular complexity index is 481. The normalized spacial score (nSPS) is 12.3. The van der Waals surface area contributed by atoms with Crippen LogP contribution in [0.4, 0.5) is 23.7 Å². The molecule has 0 heterocycles. The maximum absolute atomic E-state index is 13.3. The number of amides is 2. The van der Waals surface area contributed by atoms with Gasteiger partial charge in [-0.15, -0.1) is 0 Å². The minimum Gasteiger partial charge on any atom is -0.394 e. The summed E-state index contributed by atoms with van der Waals surface area (Å²) >= 11 is 0. The van der Waals surface area contributed by atoms with Crippen LogP contribution in [0.5, 0.6) is 0 Å². The summed E-state index contributed by atoms with van der Waals surface area (Å²) in [6, 6.07) is -0.388. The van der Waals surface area contributed by atoms with Crippen molar-refractivity contribution in [1.82, 2.24) is 5.32 Å². The first kappa shape index (κ1) is 16.3. The van der Waals surface area contributed by atoms with E-state index in [1.807, 2.05) is 13.8 Å². The third-order valence-electron chi connectivity index (χ3n) is 2.57. The fourth-order valence-corrected chi connectivity index (χ4v) is 1.71. The van der Waals surface area contributed by atoms with E-state index in [0.717, 1.165) is 0 Å². The van der Waals surface area contributed by atoms with Gasteiger partial charge in [0.15, 0.2) is 11.6 Å². The first-order valence-corrected chi connectivity index (χ1v) is 6.16. The Labute approximate surface area is 115 Å². The van der Waals surface area contributed by atoms with Gasteiger partial charge < -0.3 is 15.7 Å². The number of halogens is 3. The number of rotatable bonds is 5. The molecule has 0 fully saturated rings. The fourth-order valence-electron chi connectivity index (χ4n) is 1.71. The fraction of sp³-hybridized carbons (Fsp3) is 0.462. The SMILES string of the molecule is CC(C)C[C@H](CO)NC(=O)Nc1cc(F)c(F)cc1F. The van der Waals surface area contributed by atoms with E-state index < -0.39 is 35.2 Å². The average Bonchev–Trinajstić information content (AvgIpc) is 2.34. The van der Waals surface area contributed by atoms with E-state index in [-0.39, 0.29) is 12.5 Å². The minimum atomic E-state index is -1.33. The van der Waals surface area contributed by atoms with Gasteiger partial charge in [0.1, 0.15) is 5.82 Å². The van der Waals surface area contributed by atoms with Crippen LogP contribution in [0.15, 0.2) is 12.1 Å². The monoisotopic (exact) mass is 290 g/mol. The number of hydrogen-bond donors (Lipinski definition) is 3. The average molecular weight is 290 g/mol. The molecule has 0 saturated heterocycles. The van der Waals surface area contributed by atoms with Crippen molar-refractivity contribution in [3.8, 4) is 0 Å². The molecule has 0 aromatic heterocycles. The van der Waals surface area contributed by atoms with Gasteiger partial charge >= 0.3 is 6.03 Å². The van der Waals surface area contributed by atoms with Crippen LogP contribution in [0, 0.1) is 23.4 Å². The molecule has 0 radical (unpaired) electrons. The van der Waals surface area contributed by atoms with Gasteiger partial charge in [-0.25, -0.2) is 18.0 Å². The van der Waals surface area contributed by atoms with Gasteiger partial charge in [-0.3, -0.25) is 0 Å². The van der Waals surface area contributed by atoms with E-state index in [1.165, 1.54) is 0 Å². The molecular weight excluding hydrogens is 273 g/mol. The van der Waals surface area contributed by atoms with E-state index in [2.05, 4.69) is 10.6 Å². The molecule has 4 nitrogen and oxygen atoms in total. The lowest BCUT2D eigenvalue weighted by molar-refractivity contribution is 0.214. The van der Waals surface area contributed by atoms with Crippen molar-refractivity contribution in [2.45, 2.75) is 26.3 Å². The Hall–Kier alpha value is -1.76. The predicted molar refractivity (Wildman–Crippen MR) is 68.8 cm³/mol. The van der Waals surface area contributed by atoms with E-state index in [1.54, 1.807) is 0 Å². The van der Waals surface area contributed by atoms with Gasteiger partial charge in [-0.1, -0.05) is 13.8 Å². The number of anilines is 1. The van der Waals surface area contributed by atoms with E-state index in [9.17, 15) is 18.0 Å². The van der Waals surface area contributed by atoms with Crippen molar-refractivity contribution >= 4 is 11.7 Å². The molecule has 0 aliphatic carbocycles. The molecule has 20 heavy (non-hydrogen) atoms. The van der Waals surface area contributed by atoms with Crippen LogP contribution < -0.4 is 10.6 Å². The van der Waals surface area contributed by atoms with Crippen molar-refractivity contribution in [3.05, 3.63) is 29.6 Å². The summed E-state index contributed by atoms with van der Waals surface area (Å²) in [5.41, 5.74) is -0.470. The Morgan fingerprint density at radius 3 is 2.35 bits per heavy atom. The van der Waals surface area contributed by atoms with Gasteiger partial charge in [0.2, 0.25) is 0 Å². The first-order chi connectivity index (χ1) is 9.33. The number of benzene rings is 1. The van der Waals surface area contributed by atoms with Crippen molar-refractivity contribution in [2.24, 2.45) is 5.92 Å². The van der Waals surface area contributed by atoms with Crippen LogP contribution in [0.25, 0.3) is 0 Å². The zero-order valence-electron chi connectivity index (χ0n) is 11.2. The van der Waals surface area contributed by atoms with Crippen LogP contribution in [0.2, 0.25) is 0 Å². The highest BCUT2D eigenvalue weighted by atomic mass is 19.2. The molecule has 1 atom stereocenters. The number of carbonyl (C=O) groups is 1. The number of aliphatic hydroxyl groups excluding tert-OH is 1. The van der Waals surface area contributed by atoms with Gasteiger partial charge in [-0.05, 0) is 12.3 Å². The predicted octanol–water partition coefficient (Wildman–Crippen LogP) is 2.63. The van der Waals surface area contributed by atoms with Crippen LogP contribution in [-0.4, -0.2) is 23.8 Å². The zero-order valence-corrected chi connectivity index (χ0v) is 11.2. The molecule has 0 bridgehead atoms. The molecule has 3 N–H and O–H groups in total. The van der Waals surface area contributed by atoms with Gasteiger partial charge in [0.05, 0.1) is 18.3 Å². The molecule has 7 heteroatoms. The Balaban J connectivity index is 2.68. The lowest BCUT2D eigenvalue weighted by atomic mass is 10.0. The molecule has 0 aliphatic rings. The second-order valence-electron chi connectivity index (χ2n) is 4.85. The Morgan fingerprint density at radius 2 is 1.80 bits per heavy atom. The lowest BCUT2D eigenvalue weighted by Crippen LogP contribution is -2.41. The van der Waals surface area contributed by atoms with Crippen LogP contribution in [0.1, 0.15) is 20.3 Å². The van der Waals surface area contributed by atoms with Crippen molar-refractivity contribution in [2.75, 3.05) is 11.9 Å². The first-order valence-electron chi connectivity index (χ1n) is 6.16. The highest BCUT2D eigenvalue weighted by molar-refractivity contribution is 5.89. The maximum Gasteiger partial charge on any atom is 0.319 e. The molecule has 0 unspecified atom stereocenters. The number of hydrogen-bond acceptors (Lipinski definition) is 2. The van der Waals surface area contributed by atoms with Crippen LogP contribution >= 0.6 is 0 Å². The maximum atomic E-state index is 13.3. The van der Waals surface area contributed by atoms with E-state index in [4.69, 9.17) is 5.11 Å². The molecule has 2 amide bonds. The quantitative estimate of drug-likeness (QED) is 0.730. The standard InChI is InChI=1S/C13H17F3N2O2/c1-7(2)3-8(6-19)17-13(20)18-12-5-10(15)9(14)4-11(12)16/h4-5,7-8,19H,3,6H2,1-2H3,(H2,17,18,20)/t8-/m1/s1. The van der Waals surface area contributed by atoms with Crippen molar-refractivity contribution < 1.29 is 23.1 Å². The largest absolute Gasteiger partial charge is 0.394 e. The van der Waals surface area contributed by atoms with Gasteiger partial charge in [0, 0.05) is 12.1 Å². The number of urea groups is 1. The second kappa shape index (κ2) is 7.14. The number of aliphatic hydroxyl groups is 1. The highest BCUT2D eigenvalue weighted by Gasteiger charge is 2.16. The molecule has 0 spiro atoms. The third-order valence-corrected chi connectivity index (χ3v) is 2.57. The van der Waals surface area contributed by atoms with E-state index in [0.29, 0.717) is 18.6 Å². The summed E-state index contributed by atoms with van der Waals surface area (Å²) in [5.74, 6) is -3.43. The van der Waals surface area contributed by atoms with Gasteiger partial charge in [0.25, 0.3) is 0 Å². The third kappa shape index (κ3) is 4.73. The Morgan fingerprint density at radius 1 is 1.20 bits per heavy atom. The topological polar surface area (TPSA) is 61.4 Å². The van der Waals surface area contributed by atoms with Crippen LogP contribution in [0.3, 0.4) is 0 Å². The summed E-state index contributed by atoms with van der Waals surface area (Å²) < 4.78 is 39.0. The van der Waals surface area contributed by atoms with Gasteiger partial charge in [-0.2, -0.15) is 0 Å². The summed E-state index contributed by atoms with van der Waals surface area (Å²) in [5, 5.41) is 13.6. The zero-order chi connectivity index (χ0) is 15.3. The highest BCUT2D eigenvalue weighted by Crippen LogP contribution is 2.18. The van der Waals surface area contributed by atoms with Crippen molar-refractivity contribution in [3.63, 3.8) is 0 Å². The summed E-state index contributed by atoms with van der Waals surface area (Å²) in [6.45, 7) is 3.56. The summed E-state index contributed by atoms with van der Waals surface area (Å²) in [4.78, 5) is 11.6. The van der Waals surface area contributed by atoms with E-state index >= 15 is 0 Å². The van der Waals surface area contributed by atoms with Crippen molar-refractivity contribution in [1.29, 1.82) is 0 Å². The summed E-state index contributed by atoms with van der Waals surface area (Å²) in [7, 11) is 0. The minimum absolute atomic E-state index is 0.243. The molecular formula is C13H17F3N2O2. The molecule has 1 rings (SSSR count). The Kier molecular flexibility index (Phi) is 5.82.